The second kappa shape index (κ2) is 8.95. The molecule has 2 aromatic heterocycles. The van der Waals surface area contributed by atoms with Crippen molar-refractivity contribution in [2.24, 2.45) is 7.05 Å². The first-order chi connectivity index (χ1) is 15.0. The van der Waals surface area contributed by atoms with Crippen LogP contribution in [-0.2, 0) is 13.5 Å². The maximum Gasteiger partial charge on any atom is 0.251 e. The van der Waals surface area contributed by atoms with Gasteiger partial charge < -0.3 is 14.6 Å². The van der Waals surface area contributed by atoms with Gasteiger partial charge in [0.1, 0.15) is 11.6 Å². The van der Waals surface area contributed by atoms with Crippen LogP contribution >= 0.6 is 0 Å². The number of carbonyl (C=O) groups excluding carboxylic acids is 1. The zero-order valence-electron chi connectivity index (χ0n) is 17.4. The average molecular weight is 418 g/mol. The molecule has 7 heteroatoms. The summed E-state index contributed by atoms with van der Waals surface area (Å²) in [6.07, 6.45) is 4.22. The molecule has 2 aromatic carbocycles. The molecule has 6 nitrogen and oxygen atoms in total. The highest BCUT2D eigenvalue weighted by Crippen LogP contribution is 2.31. The van der Waals surface area contributed by atoms with Gasteiger partial charge >= 0.3 is 0 Å². The lowest BCUT2D eigenvalue weighted by Gasteiger charge is -2.12. The van der Waals surface area contributed by atoms with E-state index < -0.39 is 0 Å². The van der Waals surface area contributed by atoms with E-state index in [0.29, 0.717) is 42.1 Å². The van der Waals surface area contributed by atoms with Crippen LogP contribution in [0.25, 0.3) is 22.2 Å². The molecule has 0 unspecified atom stereocenters. The van der Waals surface area contributed by atoms with Crippen molar-refractivity contribution in [2.45, 2.75) is 13.3 Å². The highest BCUT2D eigenvalue weighted by atomic mass is 19.1. The van der Waals surface area contributed by atoms with Crippen LogP contribution in [0, 0.1) is 5.82 Å². The van der Waals surface area contributed by atoms with Gasteiger partial charge in [-0.25, -0.2) is 14.4 Å². The molecule has 0 aliphatic rings. The van der Waals surface area contributed by atoms with Crippen molar-refractivity contribution >= 4 is 16.8 Å². The summed E-state index contributed by atoms with van der Waals surface area (Å²) in [6.45, 7) is 2.91. The summed E-state index contributed by atoms with van der Waals surface area (Å²) >= 11 is 0. The van der Waals surface area contributed by atoms with E-state index in [0.717, 1.165) is 16.6 Å². The number of amides is 1. The van der Waals surface area contributed by atoms with Crippen molar-refractivity contribution in [3.8, 4) is 17.0 Å². The minimum absolute atomic E-state index is 0.170. The third-order valence-corrected chi connectivity index (χ3v) is 5.06. The molecular weight excluding hydrogens is 395 g/mol. The third kappa shape index (κ3) is 4.55. The number of ether oxygens (including phenoxy) is 1. The van der Waals surface area contributed by atoms with Crippen molar-refractivity contribution in [3.05, 3.63) is 78.1 Å². The van der Waals surface area contributed by atoms with E-state index in [4.69, 9.17) is 9.72 Å². The number of imidazole rings is 1. The SMILES string of the molecule is CCOc1cc(-c2ccc(F)cc2)nc2cc(C(=O)NCCc3cncn3C)ccc12. The standard InChI is InChI=1S/C24H23FN4O2/c1-3-31-23-13-21(16-4-7-18(25)8-5-16)28-22-12-17(6-9-20(22)23)24(30)27-11-10-19-14-26-15-29(19)2/h4-9,12-15H,3,10-11H2,1-2H3,(H,27,30). The van der Waals surface area contributed by atoms with Crippen molar-refractivity contribution in [1.29, 1.82) is 0 Å². The maximum atomic E-state index is 13.3. The fourth-order valence-electron chi connectivity index (χ4n) is 3.41. The second-order valence-electron chi connectivity index (χ2n) is 7.18. The molecule has 0 saturated heterocycles. The Morgan fingerprint density at radius 1 is 1.16 bits per heavy atom. The van der Waals surface area contributed by atoms with E-state index in [2.05, 4.69) is 10.3 Å². The van der Waals surface area contributed by atoms with Crippen LogP contribution in [0.4, 0.5) is 4.39 Å². The number of rotatable bonds is 7. The fourth-order valence-corrected chi connectivity index (χ4v) is 3.41. The van der Waals surface area contributed by atoms with Crippen LogP contribution in [0.5, 0.6) is 5.75 Å². The Morgan fingerprint density at radius 3 is 2.68 bits per heavy atom. The number of nitrogens with one attached hydrogen (secondary N) is 1. The van der Waals surface area contributed by atoms with Gasteiger partial charge in [0.25, 0.3) is 5.91 Å². The molecular formula is C24H23FN4O2. The molecule has 4 aromatic rings. The van der Waals surface area contributed by atoms with Gasteiger partial charge in [-0.3, -0.25) is 4.79 Å². The molecule has 31 heavy (non-hydrogen) atoms. The molecule has 0 bridgehead atoms. The van der Waals surface area contributed by atoms with Gasteiger partial charge in [0.2, 0.25) is 0 Å². The van der Waals surface area contributed by atoms with Crippen LogP contribution in [0.1, 0.15) is 23.0 Å². The molecule has 4 rings (SSSR count). The van der Waals surface area contributed by atoms with Crippen LogP contribution < -0.4 is 10.1 Å². The zero-order valence-corrected chi connectivity index (χ0v) is 17.4. The Labute approximate surface area is 179 Å². The molecule has 158 valence electrons. The monoisotopic (exact) mass is 418 g/mol. The first kappa shape index (κ1) is 20.5. The minimum Gasteiger partial charge on any atom is -0.493 e. The first-order valence-electron chi connectivity index (χ1n) is 10.1. The van der Waals surface area contributed by atoms with Gasteiger partial charge in [0, 0.05) is 54.5 Å². The number of aromatic nitrogens is 3. The number of hydrogen-bond donors (Lipinski definition) is 1. The van der Waals surface area contributed by atoms with Crippen LogP contribution in [0.15, 0.2) is 61.1 Å². The average Bonchev–Trinajstić information content (AvgIpc) is 3.18. The highest BCUT2D eigenvalue weighted by Gasteiger charge is 2.13. The van der Waals surface area contributed by atoms with Crippen molar-refractivity contribution in [3.63, 3.8) is 0 Å². The molecule has 0 fully saturated rings. The summed E-state index contributed by atoms with van der Waals surface area (Å²) in [6, 6.07) is 13.3. The van der Waals surface area contributed by atoms with E-state index in [1.807, 2.05) is 30.7 Å². The van der Waals surface area contributed by atoms with E-state index >= 15 is 0 Å². The Bertz CT molecular complexity index is 1220. The van der Waals surface area contributed by atoms with Gasteiger partial charge in [0.05, 0.1) is 24.1 Å². The van der Waals surface area contributed by atoms with Crippen molar-refractivity contribution in [1.82, 2.24) is 19.9 Å². The summed E-state index contributed by atoms with van der Waals surface area (Å²) < 4.78 is 21.0. The molecule has 2 heterocycles. The maximum absolute atomic E-state index is 13.3. The van der Waals surface area contributed by atoms with E-state index in [1.165, 1.54) is 12.1 Å². The van der Waals surface area contributed by atoms with Crippen molar-refractivity contribution < 1.29 is 13.9 Å². The Balaban J connectivity index is 1.61. The smallest absolute Gasteiger partial charge is 0.251 e. The predicted octanol–water partition coefficient (Wildman–Crippen LogP) is 4.15. The largest absolute Gasteiger partial charge is 0.493 e. The molecule has 0 spiro atoms. The number of carbonyl (C=O) groups is 1. The van der Waals surface area contributed by atoms with Crippen LogP contribution in [0.3, 0.4) is 0 Å². The highest BCUT2D eigenvalue weighted by molar-refractivity contribution is 5.99. The Morgan fingerprint density at radius 2 is 1.97 bits per heavy atom. The predicted molar refractivity (Wildman–Crippen MR) is 118 cm³/mol. The van der Waals surface area contributed by atoms with E-state index in [-0.39, 0.29) is 11.7 Å². The Hall–Kier alpha value is -3.74. The molecule has 1 amide bonds. The lowest BCUT2D eigenvalue weighted by Crippen LogP contribution is -2.26. The van der Waals surface area contributed by atoms with E-state index in [1.54, 1.807) is 36.8 Å². The number of halogens is 1. The summed E-state index contributed by atoms with van der Waals surface area (Å²) in [4.78, 5) is 21.5. The van der Waals surface area contributed by atoms with Gasteiger partial charge in [-0.05, 0) is 49.4 Å². The quantitative estimate of drug-likeness (QED) is 0.490. The number of fused-ring (bicyclic) bond motifs is 1. The van der Waals surface area contributed by atoms with Gasteiger partial charge in [-0.15, -0.1) is 0 Å². The van der Waals surface area contributed by atoms with Crippen molar-refractivity contribution in [2.75, 3.05) is 13.2 Å². The fraction of sp³-hybridized carbons (Fsp3) is 0.208. The topological polar surface area (TPSA) is 69.0 Å². The molecule has 0 atom stereocenters. The summed E-state index contributed by atoms with van der Waals surface area (Å²) in [7, 11) is 1.92. The molecule has 0 aliphatic heterocycles. The molecule has 0 saturated carbocycles. The Kier molecular flexibility index (Phi) is 5.93. The summed E-state index contributed by atoms with van der Waals surface area (Å²) in [5.41, 5.74) is 3.64. The minimum atomic E-state index is -0.306. The third-order valence-electron chi connectivity index (χ3n) is 5.06. The van der Waals surface area contributed by atoms with Gasteiger partial charge in [0.15, 0.2) is 0 Å². The number of benzene rings is 2. The summed E-state index contributed by atoms with van der Waals surface area (Å²) in [5, 5.41) is 3.76. The number of hydrogen-bond acceptors (Lipinski definition) is 4. The number of pyridine rings is 1. The lowest BCUT2D eigenvalue weighted by molar-refractivity contribution is 0.0954. The normalized spacial score (nSPS) is 10.9. The number of nitrogens with zero attached hydrogens (tertiary/aromatic N) is 3. The van der Waals surface area contributed by atoms with E-state index in [9.17, 15) is 9.18 Å². The van der Waals surface area contributed by atoms with Gasteiger partial charge in [-0.2, -0.15) is 0 Å². The second-order valence-corrected chi connectivity index (χ2v) is 7.18. The zero-order chi connectivity index (χ0) is 21.8. The molecule has 0 radical (unpaired) electrons. The summed E-state index contributed by atoms with van der Waals surface area (Å²) in [5.74, 6) is 0.200. The lowest BCUT2D eigenvalue weighted by atomic mass is 10.1. The first-order valence-corrected chi connectivity index (χ1v) is 10.1. The molecule has 0 aliphatic carbocycles. The van der Waals surface area contributed by atoms with Gasteiger partial charge in [-0.1, -0.05) is 0 Å². The molecule has 1 N–H and O–H groups in total. The number of aryl methyl sites for hydroxylation is 1. The van der Waals surface area contributed by atoms with Crippen LogP contribution in [0.2, 0.25) is 0 Å². The van der Waals surface area contributed by atoms with Crippen LogP contribution in [-0.4, -0.2) is 33.6 Å².